The normalized spacial score (nSPS) is 10.4. The van der Waals surface area contributed by atoms with Crippen LogP contribution < -0.4 is 10.1 Å². The van der Waals surface area contributed by atoms with Gasteiger partial charge in [-0.05, 0) is 49.2 Å². The summed E-state index contributed by atoms with van der Waals surface area (Å²) in [4.78, 5) is 0. The Morgan fingerprint density at radius 1 is 1.22 bits per heavy atom. The first kappa shape index (κ1) is 12.8. The van der Waals surface area contributed by atoms with Gasteiger partial charge in [0.25, 0.3) is 0 Å². The number of halogens is 1. The zero-order chi connectivity index (χ0) is 13.1. The fourth-order valence-electron chi connectivity index (χ4n) is 1.96. The summed E-state index contributed by atoms with van der Waals surface area (Å²) in [5.41, 5.74) is 3.25. The molecule has 0 aliphatic heterocycles. The summed E-state index contributed by atoms with van der Waals surface area (Å²) >= 11 is 5.73. The second-order valence-corrected chi connectivity index (χ2v) is 4.52. The van der Waals surface area contributed by atoms with Crippen molar-refractivity contribution in [3.05, 3.63) is 46.4 Å². The standard InChI is InChI=1S/C14H16ClNO2/c1-9-4-6-12(10(2)14(9)17-3)16-8-11-5-7-13(15)18-11/h4-7,16H,8H2,1-3H3. The molecule has 0 unspecified atom stereocenters. The maximum absolute atomic E-state index is 5.73. The molecule has 0 fully saturated rings. The largest absolute Gasteiger partial charge is 0.496 e. The van der Waals surface area contributed by atoms with E-state index in [0.717, 1.165) is 28.3 Å². The van der Waals surface area contributed by atoms with Crippen LogP contribution in [0, 0.1) is 13.8 Å². The van der Waals surface area contributed by atoms with Crippen LogP contribution in [-0.2, 0) is 6.54 Å². The van der Waals surface area contributed by atoms with Gasteiger partial charge in [0.05, 0.1) is 13.7 Å². The second-order valence-electron chi connectivity index (χ2n) is 4.15. The highest BCUT2D eigenvalue weighted by Crippen LogP contribution is 2.29. The molecule has 0 saturated carbocycles. The number of furan rings is 1. The third-order valence-corrected chi connectivity index (χ3v) is 3.09. The molecule has 4 heteroatoms. The molecule has 0 amide bonds. The molecule has 0 radical (unpaired) electrons. The van der Waals surface area contributed by atoms with Gasteiger partial charge in [-0.2, -0.15) is 0 Å². The van der Waals surface area contributed by atoms with Gasteiger partial charge in [-0.15, -0.1) is 0 Å². The Morgan fingerprint density at radius 2 is 2.00 bits per heavy atom. The predicted molar refractivity (Wildman–Crippen MR) is 73.5 cm³/mol. The molecule has 1 N–H and O–H groups in total. The number of aryl methyl sites for hydroxylation is 1. The van der Waals surface area contributed by atoms with Gasteiger partial charge >= 0.3 is 0 Å². The summed E-state index contributed by atoms with van der Waals surface area (Å²) in [5.74, 6) is 1.72. The maximum atomic E-state index is 5.73. The second kappa shape index (κ2) is 5.36. The van der Waals surface area contributed by atoms with E-state index in [2.05, 4.69) is 5.32 Å². The van der Waals surface area contributed by atoms with Gasteiger partial charge in [-0.1, -0.05) is 6.07 Å². The van der Waals surface area contributed by atoms with Gasteiger partial charge in [0.1, 0.15) is 11.5 Å². The van der Waals surface area contributed by atoms with Crippen LogP contribution in [0.5, 0.6) is 5.75 Å². The summed E-state index contributed by atoms with van der Waals surface area (Å²) in [6.45, 7) is 4.66. The molecular weight excluding hydrogens is 250 g/mol. The Labute approximate surface area is 112 Å². The average molecular weight is 266 g/mol. The van der Waals surface area contributed by atoms with Crippen LogP contribution in [-0.4, -0.2) is 7.11 Å². The van der Waals surface area contributed by atoms with Crippen LogP contribution in [0.15, 0.2) is 28.7 Å². The Morgan fingerprint density at radius 3 is 2.61 bits per heavy atom. The van der Waals surface area contributed by atoms with E-state index in [-0.39, 0.29) is 0 Å². The number of nitrogens with one attached hydrogen (secondary N) is 1. The molecule has 0 spiro atoms. The van der Waals surface area contributed by atoms with Gasteiger partial charge in [-0.25, -0.2) is 0 Å². The van der Waals surface area contributed by atoms with E-state index in [9.17, 15) is 0 Å². The highest BCUT2D eigenvalue weighted by Gasteiger charge is 2.08. The third kappa shape index (κ3) is 2.62. The average Bonchev–Trinajstić information content (AvgIpc) is 2.75. The number of hydrogen-bond acceptors (Lipinski definition) is 3. The van der Waals surface area contributed by atoms with Gasteiger partial charge in [0.15, 0.2) is 5.22 Å². The molecule has 1 aromatic carbocycles. The van der Waals surface area contributed by atoms with Gasteiger partial charge < -0.3 is 14.5 Å². The number of anilines is 1. The molecule has 1 aromatic heterocycles. The lowest BCUT2D eigenvalue weighted by atomic mass is 10.1. The zero-order valence-electron chi connectivity index (χ0n) is 10.7. The molecule has 18 heavy (non-hydrogen) atoms. The Kier molecular flexibility index (Phi) is 3.82. The fraction of sp³-hybridized carbons (Fsp3) is 0.286. The van der Waals surface area contributed by atoms with E-state index in [4.69, 9.17) is 20.8 Å². The van der Waals surface area contributed by atoms with Crippen LogP contribution in [0.25, 0.3) is 0 Å². The molecule has 0 aliphatic rings. The minimum Gasteiger partial charge on any atom is -0.496 e. The van der Waals surface area contributed by atoms with E-state index >= 15 is 0 Å². The number of ether oxygens (including phenoxy) is 1. The molecule has 2 rings (SSSR count). The minimum atomic E-state index is 0.407. The first-order valence-corrected chi connectivity index (χ1v) is 6.12. The summed E-state index contributed by atoms with van der Waals surface area (Å²) in [6, 6.07) is 7.66. The van der Waals surface area contributed by atoms with Gasteiger partial charge in [0.2, 0.25) is 0 Å². The zero-order valence-corrected chi connectivity index (χ0v) is 11.5. The Bertz CT molecular complexity index is 549. The smallest absolute Gasteiger partial charge is 0.193 e. The van der Waals surface area contributed by atoms with Crippen LogP contribution in [0.3, 0.4) is 0 Å². The summed E-state index contributed by atoms with van der Waals surface area (Å²) in [6.07, 6.45) is 0. The lowest BCUT2D eigenvalue weighted by Gasteiger charge is -2.14. The third-order valence-electron chi connectivity index (χ3n) is 2.89. The summed E-state index contributed by atoms with van der Waals surface area (Å²) < 4.78 is 10.7. The molecule has 1 heterocycles. The van der Waals surface area contributed by atoms with Gasteiger partial charge in [0, 0.05) is 11.3 Å². The summed E-state index contributed by atoms with van der Waals surface area (Å²) in [5, 5.41) is 3.72. The van der Waals surface area contributed by atoms with Crippen molar-refractivity contribution in [3.63, 3.8) is 0 Å². The Balaban J connectivity index is 2.14. The lowest BCUT2D eigenvalue weighted by Crippen LogP contribution is -2.02. The van der Waals surface area contributed by atoms with Crippen LogP contribution in [0.1, 0.15) is 16.9 Å². The maximum Gasteiger partial charge on any atom is 0.193 e. The SMILES string of the molecule is COc1c(C)ccc(NCc2ccc(Cl)o2)c1C. The van der Waals surface area contributed by atoms with E-state index in [0.29, 0.717) is 11.8 Å². The monoisotopic (exact) mass is 265 g/mol. The van der Waals surface area contributed by atoms with Crippen molar-refractivity contribution in [2.45, 2.75) is 20.4 Å². The summed E-state index contributed by atoms with van der Waals surface area (Å²) in [7, 11) is 1.69. The number of rotatable bonds is 4. The highest BCUT2D eigenvalue weighted by atomic mass is 35.5. The van der Waals surface area contributed by atoms with Crippen LogP contribution in [0.2, 0.25) is 5.22 Å². The molecule has 0 atom stereocenters. The minimum absolute atomic E-state index is 0.407. The highest BCUT2D eigenvalue weighted by molar-refractivity contribution is 6.28. The van der Waals surface area contributed by atoms with E-state index in [1.165, 1.54) is 0 Å². The van der Waals surface area contributed by atoms with Crippen LogP contribution in [0.4, 0.5) is 5.69 Å². The van der Waals surface area contributed by atoms with Crippen molar-refractivity contribution < 1.29 is 9.15 Å². The first-order chi connectivity index (χ1) is 8.61. The predicted octanol–water partition coefficient (Wildman–Crippen LogP) is 4.17. The van der Waals surface area contributed by atoms with E-state index in [1.54, 1.807) is 13.2 Å². The molecule has 0 bridgehead atoms. The van der Waals surface area contributed by atoms with Crippen LogP contribution >= 0.6 is 11.6 Å². The van der Waals surface area contributed by atoms with Crippen molar-refractivity contribution in [3.8, 4) is 5.75 Å². The lowest BCUT2D eigenvalue weighted by molar-refractivity contribution is 0.409. The van der Waals surface area contributed by atoms with Crippen molar-refractivity contribution in [2.75, 3.05) is 12.4 Å². The fourth-order valence-corrected chi connectivity index (χ4v) is 2.12. The number of methoxy groups -OCH3 is 1. The molecule has 2 aromatic rings. The van der Waals surface area contributed by atoms with Crippen molar-refractivity contribution in [1.82, 2.24) is 0 Å². The first-order valence-electron chi connectivity index (χ1n) is 5.74. The quantitative estimate of drug-likeness (QED) is 0.901. The number of benzene rings is 1. The molecule has 3 nitrogen and oxygen atoms in total. The van der Waals surface area contributed by atoms with Crippen molar-refractivity contribution >= 4 is 17.3 Å². The molecular formula is C14H16ClNO2. The van der Waals surface area contributed by atoms with Crippen molar-refractivity contribution in [1.29, 1.82) is 0 Å². The molecule has 0 saturated heterocycles. The van der Waals surface area contributed by atoms with Crippen molar-refractivity contribution in [2.24, 2.45) is 0 Å². The van der Waals surface area contributed by atoms with E-state index < -0.39 is 0 Å². The van der Waals surface area contributed by atoms with E-state index in [1.807, 2.05) is 32.0 Å². The Hall–Kier alpha value is -1.61. The molecule has 96 valence electrons. The number of hydrogen-bond donors (Lipinski definition) is 1. The molecule has 0 aliphatic carbocycles. The van der Waals surface area contributed by atoms with Gasteiger partial charge in [-0.3, -0.25) is 0 Å². The topological polar surface area (TPSA) is 34.4 Å².